The number of carbonyl (C=O) groups excluding carboxylic acids is 2. The fraction of sp³-hybridized carbons (Fsp3) is 0.444. The van der Waals surface area contributed by atoms with Gasteiger partial charge >= 0.3 is 6.09 Å². The Labute approximate surface area is 244 Å². The van der Waals surface area contributed by atoms with Crippen LogP contribution < -0.4 is 4.90 Å². The predicted molar refractivity (Wildman–Crippen MR) is 158 cm³/mol. The molecule has 0 N–H and O–H groups in total. The average Bonchev–Trinajstić information content (AvgIpc) is 3.38. The molecule has 1 aromatic heterocycles. The number of amides is 2. The first-order valence-corrected chi connectivity index (χ1v) is 15.9. The summed E-state index contributed by atoms with van der Waals surface area (Å²) in [6.45, 7) is 9.80. The second-order valence-corrected chi connectivity index (χ2v) is 12.6. The van der Waals surface area contributed by atoms with Crippen molar-refractivity contribution in [3.63, 3.8) is 0 Å². The summed E-state index contributed by atoms with van der Waals surface area (Å²) >= 11 is 7.56. The first-order chi connectivity index (χ1) is 19.2. The van der Waals surface area contributed by atoms with Crippen molar-refractivity contribution in [3.8, 4) is 0 Å². The molecule has 3 aromatic rings. The number of halogens is 1. The number of hydrogen-bond acceptors (Lipinski definition) is 8. The smallest absolute Gasteiger partial charge is 0.409 e. The molecule has 0 aliphatic carbocycles. The van der Waals surface area contributed by atoms with Gasteiger partial charge in [0.05, 0.1) is 21.7 Å². The van der Waals surface area contributed by atoms with Gasteiger partial charge in [-0.2, -0.15) is 4.31 Å². The Morgan fingerprint density at radius 1 is 1.00 bits per heavy atom. The quantitative estimate of drug-likeness (QED) is 0.336. The fourth-order valence-corrected chi connectivity index (χ4v) is 7.16. The standard InChI is InChI=1S/C27H34ClN5O5S2/c1-4-30(5-2)13-18-33(26-29-23-12-9-21(28)19-24(23)39-26)25(34)20-7-10-22(11-8-20)40(36,37)32-16-14-31(15-17-32)27(35)38-6-3/h7-12,19H,4-6,13-18H2,1-3H3. The van der Waals surface area contributed by atoms with E-state index in [1.807, 2.05) is 12.1 Å². The van der Waals surface area contributed by atoms with E-state index in [-0.39, 0.29) is 43.6 Å². The first kappa shape index (κ1) is 30.2. The van der Waals surface area contributed by atoms with Crippen molar-refractivity contribution in [2.45, 2.75) is 25.7 Å². The highest BCUT2D eigenvalue weighted by Gasteiger charge is 2.31. The largest absolute Gasteiger partial charge is 0.450 e. The molecule has 216 valence electrons. The summed E-state index contributed by atoms with van der Waals surface area (Å²) in [7, 11) is -3.79. The zero-order valence-electron chi connectivity index (χ0n) is 22.9. The van der Waals surface area contributed by atoms with E-state index in [0.29, 0.717) is 28.8 Å². The van der Waals surface area contributed by atoms with Crippen LogP contribution in [0, 0.1) is 0 Å². The molecule has 0 unspecified atom stereocenters. The highest BCUT2D eigenvalue weighted by atomic mass is 35.5. The van der Waals surface area contributed by atoms with Crippen LogP contribution >= 0.6 is 22.9 Å². The van der Waals surface area contributed by atoms with Crippen LogP contribution in [0.4, 0.5) is 9.93 Å². The molecule has 13 heteroatoms. The van der Waals surface area contributed by atoms with Crippen molar-refractivity contribution < 1.29 is 22.7 Å². The molecule has 2 amide bonds. The Bertz CT molecular complexity index is 1440. The second kappa shape index (κ2) is 13.3. The van der Waals surface area contributed by atoms with Crippen LogP contribution in [0.5, 0.6) is 0 Å². The van der Waals surface area contributed by atoms with E-state index in [0.717, 1.165) is 23.3 Å². The van der Waals surface area contributed by atoms with Gasteiger partial charge in [0.1, 0.15) is 0 Å². The lowest BCUT2D eigenvalue weighted by Crippen LogP contribution is -2.50. The zero-order valence-corrected chi connectivity index (χ0v) is 25.3. The Morgan fingerprint density at radius 2 is 1.68 bits per heavy atom. The van der Waals surface area contributed by atoms with Crippen LogP contribution in [0.1, 0.15) is 31.1 Å². The van der Waals surface area contributed by atoms with Crippen LogP contribution in [0.15, 0.2) is 47.4 Å². The number of thiazole rings is 1. The number of fused-ring (bicyclic) bond motifs is 1. The molecule has 2 aromatic carbocycles. The van der Waals surface area contributed by atoms with Gasteiger partial charge in [-0.15, -0.1) is 0 Å². The average molecular weight is 608 g/mol. The highest BCUT2D eigenvalue weighted by Crippen LogP contribution is 2.32. The Morgan fingerprint density at radius 3 is 2.30 bits per heavy atom. The Kier molecular flexibility index (Phi) is 10.0. The van der Waals surface area contributed by atoms with Crippen LogP contribution in [0.3, 0.4) is 0 Å². The Hall–Kier alpha value is -2.77. The normalized spacial score (nSPS) is 14.6. The lowest BCUT2D eigenvalue weighted by Gasteiger charge is -2.33. The maximum absolute atomic E-state index is 13.7. The van der Waals surface area contributed by atoms with E-state index in [1.165, 1.54) is 32.7 Å². The second-order valence-electron chi connectivity index (χ2n) is 9.21. The number of likely N-dealkylation sites (N-methyl/N-ethyl adjacent to an activating group) is 1. The minimum Gasteiger partial charge on any atom is -0.450 e. The summed E-state index contributed by atoms with van der Waals surface area (Å²) in [6.07, 6.45) is -0.441. The molecule has 1 saturated heterocycles. The minimum absolute atomic E-state index is 0.0953. The van der Waals surface area contributed by atoms with Gasteiger partial charge in [0.2, 0.25) is 10.0 Å². The number of rotatable bonds is 10. The molecule has 2 heterocycles. The third-order valence-corrected chi connectivity index (χ3v) is 10.0. The molecule has 0 saturated carbocycles. The minimum atomic E-state index is -3.79. The van der Waals surface area contributed by atoms with Crippen molar-refractivity contribution in [3.05, 3.63) is 53.1 Å². The summed E-state index contributed by atoms with van der Waals surface area (Å²) < 4.78 is 33.8. The maximum Gasteiger partial charge on any atom is 0.409 e. The SMILES string of the molecule is CCOC(=O)N1CCN(S(=O)(=O)c2ccc(C(=O)N(CCN(CC)CC)c3nc4ccc(Cl)cc4s3)cc2)CC1. The van der Waals surface area contributed by atoms with Crippen LogP contribution in [-0.4, -0.2) is 98.5 Å². The molecule has 1 aliphatic rings. The number of nitrogens with zero attached hydrogens (tertiary/aromatic N) is 5. The monoisotopic (exact) mass is 607 g/mol. The molecule has 1 aliphatic heterocycles. The van der Waals surface area contributed by atoms with Gasteiger partial charge in [-0.25, -0.2) is 18.2 Å². The van der Waals surface area contributed by atoms with Gasteiger partial charge in [-0.1, -0.05) is 36.8 Å². The summed E-state index contributed by atoms with van der Waals surface area (Å²) in [5.74, 6) is -0.260. The lowest BCUT2D eigenvalue weighted by molar-refractivity contribution is 0.0933. The molecule has 1 fully saturated rings. The zero-order chi connectivity index (χ0) is 28.9. The van der Waals surface area contributed by atoms with Gasteiger partial charge in [0.15, 0.2) is 5.13 Å². The number of anilines is 1. The molecule has 0 radical (unpaired) electrons. The number of benzene rings is 2. The van der Waals surface area contributed by atoms with Gasteiger partial charge in [0.25, 0.3) is 5.91 Å². The van der Waals surface area contributed by atoms with E-state index in [9.17, 15) is 18.0 Å². The molecular formula is C27H34ClN5O5S2. The fourth-order valence-electron chi connectivity index (χ4n) is 4.47. The van der Waals surface area contributed by atoms with Gasteiger partial charge in [-0.05, 0) is 62.5 Å². The third kappa shape index (κ3) is 6.74. The summed E-state index contributed by atoms with van der Waals surface area (Å²) in [6, 6.07) is 11.4. The number of aromatic nitrogens is 1. The number of hydrogen-bond donors (Lipinski definition) is 0. The van der Waals surface area contributed by atoms with Crippen molar-refractivity contribution in [2.24, 2.45) is 0 Å². The molecular weight excluding hydrogens is 574 g/mol. The number of piperazine rings is 1. The highest BCUT2D eigenvalue weighted by molar-refractivity contribution is 7.89. The molecule has 0 atom stereocenters. The topological polar surface area (TPSA) is 103 Å². The first-order valence-electron chi connectivity index (χ1n) is 13.3. The number of ether oxygens (including phenoxy) is 1. The summed E-state index contributed by atoms with van der Waals surface area (Å²) in [5.41, 5.74) is 1.12. The number of carbonyl (C=O) groups is 2. The molecule has 4 rings (SSSR count). The van der Waals surface area contributed by atoms with Gasteiger partial charge in [0, 0.05) is 49.9 Å². The summed E-state index contributed by atoms with van der Waals surface area (Å²) in [5, 5.41) is 1.16. The molecule has 40 heavy (non-hydrogen) atoms. The van der Waals surface area contributed by atoms with E-state index in [2.05, 4.69) is 23.7 Å². The van der Waals surface area contributed by atoms with Gasteiger partial charge < -0.3 is 14.5 Å². The lowest BCUT2D eigenvalue weighted by atomic mass is 10.2. The third-order valence-electron chi connectivity index (χ3n) is 6.85. The van der Waals surface area contributed by atoms with Crippen molar-refractivity contribution >= 4 is 60.3 Å². The van der Waals surface area contributed by atoms with Crippen molar-refractivity contribution in [2.75, 3.05) is 63.9 Å². The van der Waals surface area contributed by atoms with E-state index in [1.54, 1.807) is 30.0 Å². The van der Waals surface area contributed by atoms with Crippen molar-refractivity contribution in [1.29, 1.82) is 0 Å². The predicted octanol–water partition coefficient (Wildman–Crippen LogP) is 4.40. The van der Waals surface area contributed by atoms with Crippen molar-refractivity contribution in [1.82, 2.24) is 19.1 Å². The maximum atomic E-state index is 13.7. The van der Waals surface area contributed by atoms with Gasteiger partial charge in [-0.3, -0.25) is 9.69 Å². The van der Waals surface area contributed by atoms with E-state index < -0.39 is 16.1 Å². The van der Waals surface area contributed by atoms with E-state index >= 15 is 0 Å². The van der Waals surface area contributed by atoms with Crippen LogP contribution in [0.25, 0.3) is 10.2 Å². The van der Waals surface area contributed by atoms with Crippen LogP contribution in [-0.2, 0) is 14.8 Å². The molecule has 0 spiro atoms. The number of sulfonamides is 1. The summed E-state index contributed by atoms with van der Waals surface area (Å²) in [4.78, 5) is 35.8. The Balaban J connectivity index is 1.53. The molecule has 10 nitrogen and oxygen atoms in total. The molecule has 0 bridgehead atoms. The van der Waals surface area contributed by atoms with E-state index in [4.69, 9.17) is 16.3 Å². The van der Waals surface area contributed by atoms with Crippen LogP contribution in [0.2, 0.25) is 5.02 Å².